The first-order chi connectivity index (χ1) is 9.04. The maximum atomic E-state index is 11.9. The molecule has 1 aromatic heterocycles. The van der Waals surface area contributed by atoms with Crippen molar-refractivity contribution in [1.82, 2.24) is 9.78 Å². The van der Waals surface area contributed by atoms with Crippen LogP contribution in [0.4, 0.5) is 0 Å². The van der Waals surface area contributed by atoms with Crippen LogP contribution < -0.4 is 0 Å². The second-order valence-electron chi connectivity index (χ2n) is 5.59. The SMILES string of the molecule is CC(C)Cn1cc(C(=O)OC[C@H]2CC[C@@H](C)O2)cn1. The van der Waals surface area contributed by atoms with Gasteiger partial charge in [-0.25, -0.2) is 4.79 Å². The Labute approximate surface area is 113 Å². The van der Waals surface area contributed by atoms with Crippen LogP contribution >= 0.6 is 0 Å². The van der Waals surface area contributed by atoms with Gasteiger partial charge in [0.25, 0.3) is 0 Å². The third kappa shape index (κ3) is 4.06. The summed E-state index contributed by atoms with van der Waals surface area (Å²) in [6, 6.07) is 0. The average molecular weight is 266 g/mol. The number of esters is 1. The molecule has 19 heavy (non-hydrogen) atoms. The van der Waals surface area contributed by atoms with Gasteiger partial charge in [-0.15, -0.1) is 0 Å². The highest BCUT2D eigenvalue weighted by Gasteiger charge is 2.23. The van der Waals surface area contributed by atoms with Crippen LogP contribution in [0.3, 0.4) is 0 Å². The minimum absolute atomic E-state index is 0.0460. The van der Waals surface area contributed by atoms with E-state index < -0.39 is 0 Å². The highest BCUT2D eigenvalue weighted by atomic mass is 16.6. The Morgan fingerprint density at radius 3 is 3.00 bits per heavy atom. The molecule has 0 unspecified atom stereocenters. The number of carbonyl (C=O) groups excluding carboxylic acids is 1. The maximum absolute atomic E-state index is 11.9. The summed E-state index contributed by atoms with van der Waals surface area (Å²) < 4.78 is 12.6. The first-order valence-corrected chi connectivity index (χ1v) is 6.89. The summed E-state index contributed by atoms with van der Waals surface area (Å²) in [5, 5.41) is 4.15. The van der Waals surface area contributed by atoms with Gasteiger partial charge in [-0.05, 0) is 25.7 Å². The Morgan fingerprint density at radius 1 is 1.58 bits per heavy atom. The van der Waals surface area contributed by atoms with E-state index in [1.165, 1.54) is 0 Å². The van der Waals surface area contributed by atoms with Gasteiger partial charge in [0.1, 0.15) is 6.61 Å². The van der Waals surface area contributed by atoms with Crippen LogP contribution in [0.15, 0.2) is 12.4 Å². The number of carbonyl (C=O) groups is 1. The lowest BCUT2D eigenvalue weighted by molar-refractivity contribution is -0.00266. The number of aromatic nitrogens is 2. The van der Waals surface area contributed by atoms with Crippen molar-refractivity contribution < 1.29 is 14.3 Å². The Balaban J connectivity index is 1.81. The quantitative estimate of drug-likeness (QED) is 0.767. The van der Waals surface area contributed by atoms with E-state index >= 15 is 0 Å². The molecule has 106 valence electrons. The molecule has 0 spiro atoms. The van der Waals surface area contributed by atoms with Crippen molar-refractivity contribution in [2.75, 3.05) is 6.61 Å². The van der Waals surface area contributed by atoms with Crippen LogP contribution in [0.5, 0.6) is 0 Å². The molecule has 2 heterocycles. The fourth-order valence-electron chi connectivity index (χ4n) is 2.20. The monoisotopic (exact) mass is 266 g/mol. The summed E-state index contributed by atoms with van der Waals surface area (Å²) in [6.45, 7) is 7.39. The maximum Gasteiger partial charge on any atom is 0.341 e. The largest absolute Gasteiger partial charge is 0.459 e. The molecule has 2 rings (SSSR count). The van der Waals surface area contributed by atoms with Crippen LogP contribution in [-0.4, -0.2) is 34.6 Å². The summed E-state index contributed by atoms with van der Waals surface area (Å²) >= 11 is 0. The van der Waals surface area contributed by atoms with Crippen molar-refractivity contribution >= 4 is 5.97 Å². The van der Waals surface area contributed by atoms with E-state index in [2.05, 4.69) is 18.9 Å². The number of rotatable bonds is 5. The van der Waals surface area contributed by atoms with Crippen LogP contribution in [-0.2, 0) is 16.0 Å². The summed E-state index contributed by atoms with van der Waals surface area (Å²) in [6.07, 6.45) is 5.61. The second kappa shape index (κ2) is 6.19. The predicted octanol–water partition coefficient (Wildman–Crippen LogP) is 2.26. The van der Waals surface area contributed by atoms with Crippen molar-refractivity contribution in [1.29, 1.82) is 0 Å². The van der Waals surface area contributed by atoms with Crippen LogP contribution in [0.25, 0.3) is 0 Å². The van der Waals surface area contributed by atoms with E-state index in [0.717, 1.165) is 19.4 Å². The van der Waals surface area contributed by atoms with Crippen LogP contribution in [0.2, 0.25) is 0 Å². The minimum Gasteiger partial charge on any atom is -0.459 e. The van der Waals surface area contributed by atoms with E-state index in [-0.39, 0.29) is 18.2 Å². The molecule has 5 heteroatoms. The van der Waals surface area contributed by atoms with Crippen molar-refractivity contribution in [3.05, 3.63) is 18.0 Å². The Bertz CT molecular complexity index is 428. The topological polar surface area (TPSA) is 53.4 Å². The van der Waals surface area contributed by atoms with Gasteiger partial charge in [0.05, 0.1) is 24.0 Å². The predicted molar refractivity (Wildman–Crippen MR) is 70.9 cm³/mol. The fourth-order valence-corrected chi connectivity index (χ4v) is 2.20. The number of hydrogen-bond acceptors (Lipinski definition) is 4. The average Bonchev–Trinajstić information content (AvgIpc) is 2.95. The van der Waals surface area contributed by atoms with E-state index in [1.54, 1.807) is 17.1 Å². The van der Waals surface area contributed by atoms with E-state index in [1.807, 2.05) is 6.92 Å². The standard InChI is InChI=1S/C14H22N2O3/c1-10(2)7-16-8-12(6-15-16)14(17)18-9-13-5-4-11(3)19-13/h6,8,10-11,13H,4-5,7,9H2,1-3H3/t11-,13-/m1/s1. The fraction of sp³-hybridized carbons (Fsp3) is 0.714. The highest BCUT2D eigenvalue weighted by molar-refractivity contribution is 5.88. The normalized spacial score (nSPS) is 22.9. The molecule has 0 radical (unpaired) electrons. The van der Waals surface area contributed by atoms with Crippen molar-refractivity contribution in [3.8, 4) is 0 Å². The smallest absolute Gasteiger partial charge is 0.341 e. The van der Waals surface area contributed by atoms with Crippen molar-refractivity contribution in [2.45, 2.75) is 52.4 Å². The van der Waals surface area contributed by atoms with E-state index in [9.17, 15) is 4.79 Å². The first kappa shape index (κ1) is 14.1. The summed E-state index contributed by atoms with van der Waals surface area (Å²) in [7, 11) is 0. The first-order valence-electron chi connectivity index (χ1n) is 6.89. The Kier molecular flexibility index (Phi) is 4.58. The molecule has 1 aromatic rings. The van der Waals surface area contributed by atoms with Gasteiger partial charge >= 0.3 is 5.97 Å². The van der Waals surface area contributed by atoms with Gasteiger partial charge in [0.2, 0.25) is 0 Å². The second-order valence-corrected chi connectivity index (χ2v) is 5.59. The molecule has 0 amide bonds. The molecule has 1 saturated heterocycles. The molecule has 0 saturated carbocycles. The molecule has 0 aliphatic carbocycles. The third-order valence-electron chi connectivity index (χ3n) is 3.14. The number of hydrogen-bond donors (Lipinski definition) is 0. The van der Waals surface area contributed by atoms with Crippen molar-refractivity contribution in [2.24, 2.45) is 5.92 Å². The molecule has 2 atom stereocenters. The third-order valence-corrected chi connectivity index (χ3v) is 3.14. The lowest BCUT2D eigenvalue weighted by atomic mass is 10.2. The number of nitrogens with zero attached hydrogens (tertiary/aromatic N) is 2. The number of ether oxygens (including phenoxy) is 2. The molecular weight excluding hydrogens is 244 g/mol. The van der Waals surface area contributed by atoms with E-state index in [0.29, 0.717) is 18.1 Å². The summed E-state index contributed by atoms with van der Waals surface area (Å²) in [4.78, 5) is 11.9. The Hall–Kier alpha value is -1.36. The van der Waals surface area contributed by atoms with Gasteiger partial charge in [-0.1, -0.05) is 13.8 Å². The van der Waals surface area contributed by atoms with Crippen LogP contribution in [0.1, 0.15) is 44.0 Å². The molecule has 0 bridgehead atoms. The Morgan fingerprint density at radius 2 is 2.37 bits per heavy atom. The lowest BCUT2D eigenvalue weighted by Gasteiger charge is -2.10. The molecular formula is C14H22N2O3. The highest BCUT2D eigenvalue weighted by Crippen LogP contribution is 2.19. The van der Waals surface area contributed by atoms with Gasteiger partial charge in [0, 0.05) is 12.7 Å². The van der Waals surface area contributed by atoms with Crippen molar-refractivity contribution in [3.63, 3.8) is 0 Å². The van der Waals surface area contributed by atoms with Gasteiger partial charge in [-0.2, -0.15) is 5.10 Å². The van der Waals surface area contributed by atoms with E-state index in [4.69, 9.17) is 9.47 Å². The zero-order valence-corrected chi connectivity index (χ0v) is 11.8. The molecule has 0 N–H and O–H groups in total. The molecule has 1 fully saturated rings. The summed E-state index contributed by atoms with van der Waals surface area (Å²) in [5.74, 6) is 0.176. The van der Waals surface area contributed by atoms with Gasteiger partial charge < -0.3 is 9.47 Å². The lowest BCUT2D eigenvalue weighted by Crippen LogP contribution is -2.18. The molecule has 0 aromatic carbocycles. The van der Waals surface area contributed by atoms with Gasteiger partial charge in [-0.3, -0.25) is 4.68 Å². The summed E-state index contributed by atoms with van der Waals surface area (Å²) in [5.41, 5.74) is 0.506. The molecule has 1 aliphatic heterocycles. The molecule has 1 aliphatic rings. The zero-order valence-electron chi connectivity index (χ0n) is 11.8. The van der Waals surface area contributed by atoms with Gasteiger partial charge in [0.15, 0.2) is 0 Å². The molecule has 5 nitrogen and oxygen atoms in total. The van der Waals surface area contributed by atoms with Crippen LogP contribution in [0, 0.1) is 5.92 Å². The minimum atomic E-state index is -0.321. The zero-order chi connectivity index (χ0) is 13.8.